The Morgan fingerprint density at radius 1 is 1.40 bits per heavy atom. The molecule has 0 saturated carbocycles. The number of rotatable bonds is 4. The van der Waals surface area contributed by atoms with Crippen LogP contribution in [0, 0.1) is 5.92 Å². The second-order valence-electron chi connectivity index (χ2n) is 5.36. The number of hydrogen-bond donors (Lipinski definition) is 1. The van der Waals surface area contributed by atoms with Gasteiger partial charge in [0.25, 0.3) is 0 Å². The molecule has 1 aromatic carbocycles. The van der Waals surface area contributed by atoms with Gasteiger partial charge in [-0.15, -0.1) is 0 Å². The molecule has 0 fully saturated rings. The fourth-order valence-electron chi connectivity index (χ4n) is 2.26. The van der Waals surface area contributed by atoms with Gasteiger partial charge in [-0.1, -0.05) is 43.6 Å². The summed E-state index contributed by atoms with van der Waals surface area (Å²) in [5.74, 6) is -0.470. The molecule has 20 heavy (non-hydrogen) atoms. The lowest BCUT2D eigenvalue weighted by Gasteiger charge is -2.09. The van der Waals surface area contributed by atoms with Crippen LogP contribution >= 0.6 is 11.6 Å². The molecule has 0 aliphatic carbocycles. The van der Waals surface area contributed by atoms with Gasteiger partial charge in [-0.25, -0.2) is 4.79 Å². The second kappa shape index (κ2) is 5.71. The number of para-hydroxylation sites is 1. The van der Waals surface area contributed by atoms with E-state index in [0.29, 0.717) is 11.1 Å². The molecule has 0 spiro atoms. The van der Waals surface area contributed by atoms with E-state index in [1.807, 2.05) is 28.8 Å². The van der Waals surface area contributed by atoms with Crippen molar-refractivity contribution in [2.45, 2.75) is 27.3 Å². The molecular formula is C16H18ClNO2. The Balaban J connectivity index is 2.69. The van der Waals surface area contributed by atoms with E-state index in [9.17, 15) is 4.79 Å². The van der Waals surface area contributed by atoms with Crippen LogP contribution in [0.4, 0.5) is 0 Å². The lowest BCUT2D eigenvalue weighted by Crippen LogP contribution is -2.04. The highest BCUT2D eigenvalue weighted by Crippen LogP contribution is 2.32. The zero-order chi connectivity index (χ0) is 14.9. The first kappa shape index (κ1) is 14.7. The lowest BCUT2D eigenvalue weighted by molar-refractivity contribution is -0.132. The molecule has 1 aromatic heterocycles. The highest BCUT2D eigenvalue weighted by Gasteiger charge is 2.15. The summed E-state index contributed by atoms with van der Waals surface area (Å²) in [4.78, 5) is 11.0. The van der Waals surface area contributed by atoms with Crippen LogP contribution in [-0.4, -0.2) is 15.6 Å². The number of carboxylic acid groups (broad SMARTS) is 1. The Labute approximate surface area is 123 Å². The molecule has 0 aliphatic rings. The molecule has 3 nitrogen and oxygen atoms in total. The van der Waals surface area contributed by atoms with Crippen LogP contribution in [0.5, 0.6) is 0 Å². The van der Waals surface area contributed by atoms with Crippen LogP contribution in [-0.2, 0) is 11.3 Å². The van der Waals surface area contributed by atoms with E-state index in [1.54, 1.807) is 13.0 Å². The fourth-order valence-corrected chi connectivity index (χ4v) is 2.57. The zero-order valence-corrected chi connectivity index (χ0v) is 12.6. The number of aliphatic carboxylic acids is 1. The average Bonchev–Trinajstić information content (AvgIpc) is 2.64. The summed E-state index contributed by atoms with van der Waals surface area (Å²) in [6.45, 7) is 6.64. The highest BCUT2D eigenvalue weighted by molar-refractivity contribution is 6.33. The summed E-state index contributed by atoms with van der Waals surface area (Å²) in [5.41, 5.74) is 2.10. The maximum absolute atomic E-state index is 11.0. The van der Waals surface area contributed by atoms with Crippen molar-refractivity contribution in [3.8, 4) is 0 Å². The molecule has 1 heterocycles. The number of hydrogen-bond acceptors (Lipinski definition) is 1. The quantitative estimate of drug-likeness (QED) is 0.846. The molecule has 4 heteroatoms. The van der Waals surface area contributed by atoms with Crippen molar-refractivity contribution < 1.29 is 9.90 Å². The third-order valence-corrected chi connectivity index (χ3v) is 3.60. The van der Waals surface area contributed by atoms with Crippen molar-refractivity contribution in [2.24, 2.45) is 5.92 Å². The van der Waals surface area contributed by atoms with E-state index in [4.69, 9.17) is 16.7 Å². The number of fused-ring (bicyclic) bond motifs is 1. The van der Waals surface area contributed by atoms with E-state index >= 15 is 0 Å². The number of carboxylic acids is 1. The number of carbonyl (C=O) groups is 1. The molecule has 0 atom stereocenters. The third-order valence-electron chi connectivity index (χ3n) is 3.19. The lowest BCUT2D eigenvalue weighted by atomic mass is 10.1. The highest BCUT2D eigenvalue weighted by atomic mass is 35.5. The van der Waals surface area contributed by atoms with Crippen molar-refractivity contribution >= 4 is 34.5 Å². The van der Waals surface area contributed by atoms with Gasteiger partial charge in [-0.2, -0.15) is 0 Å². The summed E-state index contributed by atoms with van der Waals surface area (Å²) >= 11 is 6.47. The molecule has 1 N–H and O–H groups in total. The van der Waals surface area contributed by atoms with Gasteiger partial charge in [-0.05, 0) is 25.0 Å². The van der Waals surface area contributed by atoms with Crippen molar-refractivity contribution in [2.75, 3.05) is 0 Å². The third kappa shape index (κ3) is 2.73. The summed E-state index contributed by atoms with van der Waals surface area (Å²) in [6, 6.07) is 7.88. The Bertz CT molecular complexity index is 683. The monoisotopic (exact) mass is 291 g/mol. The van der Waals surface area contributed by atoms with Crippen LogP contribution in [0.25, 0.3) is 17.0 Å². The molecule has 0 amide bonds. The van der Waals surface area contributed by atoms with Gasteiger partial charge in [0.05, 0.1) is 0 Å². The normalized spacial score (nSPS) is 12.3. The van der Waals surface area contributed by atoms with Gasteiger partial charge in [-0.3, -0.25) is 0 Å². The summed E-state index contributed by atoms with van der Waals surface area (Å²) in [5, 5.41) is 10.6. The molecule has 0 radical (unpaired) electrons. The van der Waals surface area contributed by atoms with Crippen molar-refractivity contribution in [3.63, 3.8) is 0 Å². The van der Waals surface area contributed by atoms with Crippen LogP contribution in [0.1, 0.15) is 26.3 Å². The first-order valence-electron chi connectivity index (χ1n) is 6.60. The number of halogens is 1. The zero-order valence-electron chi connectivity index (χ0n) is 11.9. The molecule has 2 aromatic rings. The number of benzene rings is 1. The van der Waals surface area contributed by atoms with Gasteiger partial charge in [0.2, 0.25) is 0 Å². The fraction of sp³-hybridized carbons (Fsp3) is 0.312. The van der Waals surface area contributed by atoms with Gasteiger partial charge >= 0.3 is 5.97 Å². The van der Waals surface area contributed by atoms with E-state index in [2.05, 4.69) is 13.8 Å². The van der Waals surface area contributed by atoms with E-state index in [-0.39, 0.29) is 5.57 Å². The molecule has 106 valence electrons. The molecule has 0 aliphatic heterocycles. The van der Waals surface area contributed by atoms with Gasteiger partial charge in [0.1, 0.15) is 5.15 Å². The summed E-state index contributed by atoms with van der Waals surface area (Å²) in [6.07, 6.45) is 1.64. The molecule has 0 saturated heterocycles. The smallest absolute Gasteiger partial charge is 0.331 e. The first-order chi connectivity index (χ1) is 9.41. The Morgan fingerprint density at radius 3 is 2.65 bits per heavy atom. The molecule has 0 bridgehead atoms. The van der Waals surface area contributed by atoms with Crippen molar-refractivity contribution in [3.05, 3.63) is 40.6 Å². The van der Waals surface area contributed by atoms with Gasteiger partial charge in [0.15, 0.2) is 0 Å². The van der Waals surface area contributed by atoms with Crippen LogP contribution in [0.2, 0.25) is 5.15 Å². The second-order valence-corrected chi connectivity index (χ2v) is 5.72. The average molecular weight is 292 g/mol. The minimum Gasteiger partial charge on any atom is -0.478 e. The largest absolute Gasteiger partial charge is 0.478 e. The number of aromatic nitrogens is 1. The number of nitrogens with zero attached hydrogens (tertiary/aromatic N) is 1. The standard InChI is InChI=1S/C16H18ClNO2/c1-10(2)9-18-14-7-5-4-6-12(14)13(15(18)17)8-11(3)16(19)20/h4-8,10H,9H2,1-3H3,(H,19,20)/b11-8+. The molecule has 2 rings (SSSR count). The van der Waals surface area contributed by atoms with Crippen molar-refractivity contribution in [1.29, 1.82) is 0 Å². The Hall–Kier alpha value is -1.74. The molecular weight excluding hydrogens is 274 g/mol. The maximum atomic E-state index is 11.0. The van der Waals surface area contributed by atoms with Crippen molar-refractivity contribution in [1.82, 2.24) is 4.57 Å². The Kier molecular flexibility index (Phi) is 4.19. The maximum Gasteiger partial charge on any atom is 0.331 e. The first-order valence-corrected chi connectivity index (χ1v) is 6.98. The van der Waals surface area contributed by atoms with Gasteiger partial charge < -0.3 is 9.67 Å². The predicted octanol–water partition coefficient (Wildman–Crippen LogP) is 4.44. The Morgan fingerprint density at radius 2 is 2.05 bits per heavy atom. The topological polar surface area (TPSA) is 42.2 Å². The summed E-state index contributed by atoms with van der Waals surface area (Å²) in [7, 11) is 0. The van der Waals surface area contributed by atoms with Crippen LogP contribution < -0.4 is 0 Å². The van der Waals surface area contributed by atoms with Crippen LogP contribution in [0.3, 0.4) is 0 Å². The minimum atomic E-state index is -0.929. The summed E-state index contributed by atoms with van der Waals surface area (Å²) < 4.78 is 2.04. The van der Waals surface area contributed by atoms with E-state index in [1.165, 1.54) is 0 Å². The predicted molar refractivity (Wildman–Crippen MR) is 83.1 cm³/mol. The molecule has 0 unspecified atom stereocenters. The van der Waals surface area contributed by atoms with E-state index in [0.717, 1.165) is 23.0 Å². The van der Waals surface area contributed by atoms with Gasteiger partial charge in [0, 0.05) is 28.6 Å². The van der Waals surface area contributed by atoms with E-state index < -0.39 is 5.97 Å². The minimum absolute atomic E-state index is 0.277. The van der Waals surface area contributed by atoms with Crippen LogP contribution in [0.15, 0.2) is 29.8 Å². The SMILES string of the molecule is C/C(=C\c1c(Cl)n(CC(C)C)c2ccccc12)C(=O)O.